The Kier molecular flexibility index (Phi) is 8.25. The summed E-state index contributed by atoms with van der Waals surface area (Å²) in [6.07, 6.45) is 0.968. The van der Waals surface area contributed by atoms with Crippen LogP contribution < -0.4 is 25.6 Å². The number of benzene rings is 3. The first-order valence-electron chi connectivity index (χ1n) is 12.4. The zero-order chi connectivity index (χ0) is 29.4. The largest absolute Gasteiger partial charge is 0.496 e. The molecule has 3 N–H and O–H groups in total. The summed E-state index contributed by atoms with van der Waals surface area (Å²) in [7, 11) is -0.640. The molecular formula is C28H31BrN4O6S. The molecule has 1 heterocycles. The lowest BCUT2D eigenvalue weighted by Gasteiger charge is -2.36. The van der Waals surface area contributed by atoms with E-state index in [-0.39, 0.29) is 13.1 Å². The van der Waals surface area contributed by atoms with Crippen molar-refractivity contribution in [2.75, 3.05) is 42.5 Å². The third kappa shape index (κ3) is 5.56. The number of nitrogens with two attached hydrogens (primary N) is 1. The Bertz CT molecular complexity index is 1610. The molecule has 12 heteroatoms. The fourth-order valence-corrected chi connectivity index (χ4v) is 6.03. The minimum Gasteiger partial charge on any atom is -0.496 e. The predicted octanol–water partition coefficient (Wildman–Crippen LogP) is 2.61. The number of ether oxygens (including phenoxy) is 1. The summed E-state index contributed by atoms with van der Waals surface area (Å²) in [6, 6.07) is 16.3. The van der Waals surface area contributed by atoms with Gasteiger partial charge in [0.1, 0.15) is 17.0 Å². The van der Waals surface area contributed by atoms with Gasteiger partial charge in [0.2, 0.25) is 17.7 Å². The van der Waals surface area contributed by atoms with E-state index in [2.05, 4.69) is 21.2 Å². The number of anilines is 2. The van der Waals surface area contributed by atoms with Gasteiger partial charge >= 0.3 is 0 Å². The minimum absolute atomic E-state index is 0.0428. The Morgan fingerprint density at radius 2 is 1.82 bits per heavy atom. The van der Waals surface area contributed by atoms with E-state index in [9.17, 15) is 22.8 Å². The summed E-state index contributed by atoms with van der Waals surface area (Å²) in [4.78, 5) is 43.3. The molecule has 1 unspecified atom stereocenters. The third-order valence-corrected chi connectivity index (χ3v) is 8.66. The Hall–Kier alpha value is -3.48. The van der Waals surface area contributed by atoms with Crippen LogP contribution in [0.4, 0.5) is 11.4 Å². The van der Waals surface area contributed by atoms with Gasteiger partial charge in [-0.3, -0.25) is 14.4 Å². The lowest BCUT2D eigenvalue weighted by Crippen LogP contribution is -2.63. The first kappa shape index (κ1) is 29.5. The second kappa shape index (κ2) is 11.2. The fourth-order valence-electron chi connectivity index (χ4n) is 5.04. The first-order chi connectivity index (χ1) is 18.8. The molecule has 0 bridgehead atoms. The standard InChI is InChI=1S/C28H31BrN4O6S/c1-28(31-2,27(30)36)21-15-32(25(34)16-40(4,37)38)22-7-5-6-8-23(22)33(26(21)35)14-20-19-11-10-18(29)13-17(19)9-12-24(20)39-3/h5-13,21,31H,14-16H2,1-4H3,(H2,30,36)/t21-,28?/m1/s1. The molecule has 1 aliphatic heterocycles. The second-order valence-corrected chi connectivity index (χ2v) is 13.0. The summed E-state index contributed by atoms with van der Waals surface area (Å²) < 4.78 is 30.7. The molecule has 3 amide bonds. The molecule has 0 spiro atoms. The van der Waals surface area contributed by atoms with Crippen molar-refractivity contribution in [2.45, 2.75) is 19.0 Å². The number of hydrogen-bond acceptors (Lipinski definition) is 7. The number of halogens is 1. The number of amides is 3. The third-order valence-electron chi connectivity index (χ3n) is 7.39. The van der Waals surface area contributed by atoms with Crippen molar-refractivity contribution in [3.63, 3.8) is 0 Å². The van der Waals surface area contributed by atoms with E-state index >= 15 is 0 Å². The summed E-state index contributed by atoms with van der Waals surface area (Å²) >= 11 is 3.50. The molecule has 4 rings (SSSR count). The summed E-state index contributed by atoms with van der Waals surface area (Å²) in [6.45, 7) is 1.28. The maximum absolute atomic E-state index is 14.4. The summed E-state index contributed by atoms with van der Waals surface area (Å²) in [5.74, 6) is -3.33. The number of methoxy groups -OCH3 is 1. The van der Waals surface area contributed by atoms with Gasteiger partial charge in [0, 0.05) is 22.8 Å². The van der Waals surface area contributed by atoms with Crippen molar-refractivity contribution in [3.05, 3.63) is 64.6 Å². The highest BCUT2D eigenvalue weighted by molar-refractivity contribution is 9.10. The van der Waals surface area contributed by atoms with E-state index in [0.717, 1.165) is 27.1 Å². The van der Waals surface area contributed by atoms with Crippen molar-refractivity contribution in [2.24, 2.45) is 11.7 Å². The zero-order valence-corrected chi connectivity index (χ0v) is 25.0. The van der Waals surface area contributed by atoms with Gasteiger partial charge in [-0.15, -0.1) is 0 Å². The van der Waals surface area contributed by atoms with Gasteiger partial charge in [-0.05, 0) is 55.1 Å². The number of fused-ring (bicyclic) bond motifs is 2. The number of para-hydroxylation sites is 2. The molecule has 0 fully saturated rings. The molecule has 0 aliphatic carbocycles. The SMILES string of the molecule is CNC(C)(C(N)=O)[C@@H]1CN(C(=O)CS(C)(=O)=O)c2ccccc2N(Cc2c(OC)ccc3cc(Br)ccc23)C1=O. The van der Waals surface area contributed by atoms with E-state index < -0.39 is 44.8 Å². The monoisotopic (exact) mass is 630 g/mol. The van der Waals surface area contributed by atoms with Gasteiger partial charge in [-0.25, -0.2) is 8.42 Å². The number of likely N-dealkylation sites (N-methyl/N-ethyl adjacent to an activating group) is 1. The zero-order valence-electron chi connectivity index (χ0n) is 22.6. The van der Waals surface area contributed by atoms with Crippen molar-refractivity contribution >= 4 is 65.6 Å². The number of rotatable bonds is 8. The number of sulfone groups is 1. The Labute approximate surface area is 241 Å². The van der Waals surface area contributed by atoms with Crippen LogP contribution in [0.3, 0.4) is 0 Å². The van der Waals surface area contributed by atoms with E-state index in [4.69, 9.17) is 10.5 Å². The lowest BCUT2D eigenvalue weighted by atomic mass is 9.83. The van der Waals surface area contributed by atoms with Gasteiger partial charge in [0.15, 0.2) is 9.84 Å². The highest BCUT2D eigenvalue weighted by Crippen LogP contribution is 2.40. The molecule has 40 heavy (non-hydrogen) atoms. The van der Waals surface area contributed by atoms with Crippen LogP contribution in [0.25, 0.3) is 10.8 Å². The van der Waals surface area contributed by atoms with Crippen molar-refractivity contribution in [1.82, 2.24) is 5.32 Å². The fraction of sp³-hybridized carbons (Fsp3) is 0.321. The number of carbonyl (C=O) groups excluding carboxylic acids is 3. The van der Waals surface area contributed by atoms with Gasteiger partial charge in [0.25, 0.3) is 0 Å². The van der Waals surface area contributed by atoms with E-state index in [1.54, 1.807) is 31.4 Å². The molecule has 2 atom stereocenters. The van der Waals surface area contributed by atoms with Crippen molar-refractivity contribution in [1.29, 1.82) is 0 Å². The molecule has 1 aliphatic rings. The quantitative estimate of drug-likeness (QED) is 0.390. The van der Waals surface area contributed by atoms with Gasteiger partial charge in [0.05, 0.1) is 30.9 Å². The molecule has 212 valence electrons. The first-order valence-corrected chi connectivity index (χ1v) is 15.3. The molecule has 0 saturated carbocycles. The van der Waals surface area contributed by atoms with E-state index in [1.807, 2.05) is 30.3 Å². The summed E-state index contributed by atoms with van der Waals surface area (Å²) in [5.41, 5.74) is 5.68. The average molecular weight is 632 g/mol. The van der Waals surface area contributed by atoms with Gasteiger partial charge < -0.3 is 25.6 Å². The number of hydrogen-bond donors (Lipinski definition) is 2. The van der Waals surface area contributed by atoms with Crippen LogP contribution in [-0.2, 0) is 30.8 Å². The van der Waals surface area contributed by atoms with Crippen LogP contribution in [0.1, 0.15) is 12.5 Å². The maximum Gasteiger partial charge on any atom is 0.242 e. The maximum atomic E-state index is 14.4. The van der Waals surface area contributed by atoms with Crippen LogP contribution in [0.5, 0.6) is 5.75 Å². The van der Waals surface area contributed by atoms with Crippen molar-refractivity contribution in [3.8, 4) is 5.75 Å². The van der Waals surface area contributed by atoms with Gasteiger partial charge in [-0.1, -0.05) is 40.2 Å². The van der Waals surface area contributed by atoms with Crippen LogP contribution >= 0.6 is 15.9 Å². The normalized spacial score (nSPS) is 17.2. The van der Waals surface area contributed by atoms with E-state index in [1.165, 1.54) is 23.8 Å². The topological polar surface area (TPSA) is 139 Å². The molecule has 10 nitrogen and oxygen atoms in total. The Morgan fingerprint density at radius 3 is 2.42 bits per heavy atom. The van der Waals surface area contributed by atoms with E-state index in [0.29, 0.717) is 17.1 Å². The van der Waals surface area contributed by atoms with Crippen LogP contribution in [-0.4, -0.2) is 64.4 Å². The highest BCUT2D eigenvalue weighted by Gasteiger charge is 2.49. The molecule has 3 aromatic rings. The number of nitrogens with zero attached hydrogens (tertiary/aromatic N) is 2. The molecule has 3 aromatic carbocycles. The molecule has 0 aromatic heterocycles. The summed E-state index contributed by atoms with van der Waals surface area (Å²) in [5, 5.41) is 4.64. The molecular weight excluding hydrogens is 600 g/mol. The number of nitrogens with one attached hydrogen (secondary N) is 1. The predicted molar refractivity (Wildman–Crippen MR) is 158 cm³/mol. The highest BCUT2D eigenvalue weighted by atomic mass is 79.9. The number of carbonyl (C=O) groups is 3. The molecule has 0 saturated heterocycles. The van der Waals surface area contributed by atoms with Gasteiger partial charge in [-0.2, -0.15) is 0 Å². The van der Waals surface area contributed by atoms with Crippen LogP contribution in [0, 0.1) is 5.92 Å². The van der Waals surface area contributed by atoms with Crippen molar-refractivity contribution < 1.29 is 27.5 Å². The Balaban J connectivity index is 1.96. The van der Waals surface area contributed by atoms with Crippen LogP contribution in [0.2, 0.25) is 0 Å². The average Bonchev–Trinajstić information content (AvgIpc) is 3.02. The second-order valence-electron chi connectivity index (χ2n) is 9.97. The Morgan fingerprint density at radius 1 is 1.15 bits per heavy atom. The van der Waals surface area contributed by atoms with Crippen LogP contribution in [0.15, 0.2) is 59.1 Å². The molecule has 0 radical (unpaired) electrons. The smallest absolute Gasteiger partial charge is 0.242 e. The minimum atomic E-state index is -3.69. The lowest BCUT2D eigenvalue weighted by molar-refractivity contribution is -0.133. The number of primary amides is 1.